The van der Waals surface area contributed by atoms with Gasteiger partial charge in [0.15, 0.2) is 0 Å². The normalized spacial score (nSPS) is 11.4. The number of ether oxygens (including phenoxy) is 1. The minimum Gasteiger partial charge on any atom is -0.480 e. The van der Waals surface area contributed by atoms with Gasteiger partial charge >= 0.3 is 11.9 Å². The molecule has 0 aliphatic heterocycles. The van der Waals surface area contributed by atoms with Crippen molar-refractivity contribution in [2.24, 2.45) is 0 Å². The predicted octanol–water partition coefficient (Wildman–Crippen LogP) is 0.317. The number of carbonyl (C=O) groups excluding carboxylic acids is 1. The number of halogens is 1. The fraction of sp³-hybridized carbons (Fsp3) is 0.273. The molecule has 0 radical (unpaired) electrons. The smallest absolute Gasteiger partial charge is 0.340 e. The number of rotatable bonds is 5. The van der Waals surface area contributed by atoms with E-state index in [9.17, 15) is 22.4 Å². The fourth-order valence-corrected chi connectivity index (χ4v) is 2.52. The van der Waals surface area contributed by atoms with E-state index in [1.54, 1.807) is 0 Å². The first-order valence-electron chi connectivity index (χ1n) is 5.26. The van der Waals surface area contributed by atoms with Crippen molar-refractivity contribution < 1.29 is 32.2 Å². The Kier molecular flexibility index (Phi) is 4.79. The summed E-state index contributed by atoms with van der Waals surface area (Å²) in [6.07, 6.45) is 0. The minimum absolute atomic E-state index is 0.410. The summed E-state index contributed by atoms with van der Waals surface area (Å²) in [4.78, 5) is 21.2. The van der Waals surface area contributed by atoms with E-state index in [1.807, 2.05) is 0 Å². The molecule has 0 saturated heterocycles. The van der Waals surface area contributed by atoms with Crippen LogP contribution in [0.2, 0.25) is 0 Å². The van der Waals surface area contributed by atoms with Crippen LogP contribution in [0.5, 0.6) is 0 Å². The number of nitrogens with zero attached hydrogens (tertiary/aromatic N) is 1. The van der Waals surface area contributed by atoms with Crippen molar-refractivity contribution in [2.45, 2.75) is 4.90 Å². The molecule has 110 valence electrons. The highest BCUT2D eigenvalue weighted by Crippen LogP contribution is 2.18. The van der Waals surface area contributed by atoms with Gasteiger partial charge < -0.3 is 9.84 Å². The van der Waals surface area contributed by atoms with Gasteiger partial charge in [0, 0.05) is 7.05 Å². The molecule has 9 heteroatoms. The lowest BCUT2D eigenvalue weighted by Crippen LogP contribution is -2.32. The summed E-state index contributed by atoms with van der Waals surface area (Å²) >= 11 is 0. The number of hydrogen-bond acceptors (Lipinski definition) is 5. The van der Waals surface area contributed by atoms with Gasteiger partial charge in [-0.1, -0.05) is 0 Å². The summed E-state index contributed by atoms with van der Waals surface area (Å²) in [5, 5.41) is 8.56. The second kappa shape index (κ2) is 5.97. The van der Waals surface area contributed by atoms with Gasteiger partial charge in [0.2, 0.25) is 10.0 Å². The third kappa shape index (κ3) is 3.31. The summed E-state index contributed by atoms with van der Waals surface area (Å²) < 4.78 is 42.4. The SMILES string of the molecule is COC(=O)c1ccc(S(=O)(=O)N(C)CC(=O)O)cc1F. The molecule has 0 amide bonds. The molecule has 0 heterocycles. The highest BCUT2D eigenvalue weighted by Gasteiger charge is 2.24. The Morgan fingerprint density at radius 1 is 1.40 bits per heavy atom. The number of benzene rings is 1. The topological polar surface area (TPSA) is 101 Å². The monoisotopic (exact) mass is 305 g/mol. The summed E-state index contributed by atoms with van der Waals surface area (Å²) in [5.41, 5.74) is -0.410. The molecule has 0 unspecified atom stereocenters. The number of aliphatic carboxylic acids is 1. The van der Waals surface area contributed by atoms with Crippen LogP contribution in [-0.2, 0) is 19.6 Å². The van der Waals surface area contributed by atoms with Crippen LogP contribution >= 0.6 is 0 Å². The van der Waals surface area contributed by atoms with E-state index >= 15 is 0 Å². The maximum atomic E-state index is 13.6. The third-order valence-corrected chi connectivity index (χ3v) is 4.21. The average molecular weight is 305 g/mol. The van der Waals surface area contributed by atoms with Gasteiger partial charge in [-0.05, 0) is 18.2 Å². The van der Waals surface area contributed by atoms with Crippen LogP contribution in [0.4, 0.5) is 4.39 Å². The number of carbonyl (C=O) groups is 2. The Hall–Kier alpha value is -2.00. The van der Waals surface area contributed by atoms with E-state index in [-0.39, 0.29) is 0 Å². The number of hydrogen-bond donors (Lipinski definition) is 1. The van der Waals surface area contributed by atoms with Crippen LogP contribution in [0, 0.1) is 5.82 Å². The molecular weight excluding hydrogens is 293 g/mol. The predicted molar refractivity (Wildman–Crippen MR) is 65.2 cm³/mol. The number of sulfonamides is 1. The first-order valence-corrected chi connectivity index (χ1v) is 6.70. The Balaban J connectivity index is 3.18. The lowest BCUT2D eigenvalue weighted by molar-refractivity contribution is -0.137. The van der Waals surface area contributed by atoms with Gasteiger partial charge in [-0.2, -0.15) is 4.31 Å². The first kappa shape index (κ1) is 16.1. The Morgan fingerprint density at radius 3 is 2.45 bits per heavy atom. The zero-order valence-corrected chi connectivity index (χ0v) is 11.5. The van der Waals surface area contributed by atoms with E-state index in [1.165, 1.54) is 0 Å². The zero-order chi connectivity index (χ0) is 15.5. The zero-order valence-electron chi connectivity index (χ0n) is 10.7. The van der Waals surface area contributed by atoms with Crippen molar-refractivity contribution >= 4 is 22.0 Å². The molecular formula is C11H12FNO6S. The third-order valence-electron chi connectivity index (χ3n) is 2.41. The Labute approximate surface area is 114 Å². The van der Waals surface area contributed by atoms with E-state index in [0.29, 0.717) is 10.4 Å². The molecule has 0 fully saturated rings. The second-order valence-corrected chi connectivity index (χ2v) is 5.83. The van der Waals surface area contributed by atoms with Gasteiger partial charge in [0.1, 0.15) is 12.4 Å². The maximum absolute atomic E-state index is 13.6. The van der Waals surface area contributed by atoms with Crippen LogP contribution < -0.4 is 0 Å². The van der Waals surface area contributed by atoms with E-state index in [0.717, 1.165) is 26.3 Å². The van der Waals surface area contributed by atoms with Crippen molar-refractivity contribution in [2.75, 3.05) is 20.7 Å². The molecule has 0 aromatic heterocycles. The molecule has 0 saturated carbocycles. The Morgan fingerprint density at radius 2 is 2.00 bits per heavy atom. The van der Waals surface area contributed by atoms with Gasteiger partial charge in [-0.15, -0.1) is 0 Å². The molecule has 1 aromatic carbocycles. The van der Waals surface area contributed by atoms with E-state index in [4.69, 9.17) is 5.11 Å². The highest BCUT2D eigenvalue weighted by molar-refractivity contribution is 7.89. The standard InChI is InChI=1S/C11H12FNO6S/c1-13(6-10(14)15)20(17,18)7-3-4-8(9(12)5-7)11(16)19-2/h3-5H,6H2,1-2H3,(H,14,15). The van der Waals surface area contributed by atoms with E-state index in [2.05, 4.69) is 4.74 Å². The van der Waals surface area contributed by atoms with Crippen molar-refractivity contribution in [1.82, 2.24) is 4.31 Å². The number of methoxy groups -OCH3 is 1. The van der Waals surface area contributed by atoms with Crippen molar-refractivity contribution in [1.29, 1.82) is 0 Å². The van der Waals surface area contributed by atoms with Gasteiger partial charge in [0.05, 0.1) is 17.6 Å². The summed E-state index contributed by atoms with van der Waals surface area (Å²) in [6.45, 7) is -0.761. The molecule has 0 spiro atoms. The van der Waals surface area contributed by atoms with Crippen LogP contribution in [0.3, 0.4) is 0 Å². The van der Waals surface area contributed by atoms with Gasteiger partial charge in [0.25, 0.3) is 0 Å². The number of likely N-dealkylation sites (N-methyl/N-ethyl adjacent to an activating group) is 1. The molecule has 7 nitrogen and oxygen atoms in total. The quantitative estimate of drug-likeness (QED) is 0.786. The lowest BCUT2D eigenvalue weighted by atomic mass is 10.2. The molecule has 1 rings (SSSR count). The van der Waals surface area contributed by atoms with Crippen molar-refractivity contribution in [3.05, 3.63) is 29.6 Å². The van der Waals surface area contributed by atoms with Crippen LogP contribution in [-0.4, -0.2) is 50.5 Å². The van der Waals surface area contributed by atoms with Gasteiger partial charge in [-0.3, -0.25) is 4.79 Å². The summed E-state index contributed by atoms with van der Waals surface area (Å²) in [7, 11) is -2.03. The maximum Gasteiger partial charge on any atom is 0.340 e. The lowest BCUT2D eigenvalue weighted by Gasteiger charge is -2.15. The Bertz CT molecular complexity index is 642. The van der Waals surface area contributed by atoms with Gasteiger partial charge in [-0.25, -0.2) is 17.6 Å². The number of carboxylic acid groups (broad SMARTS) is 1. The number of carboxylic acids is 1. The molecule has 0 atom stereocenters. The fourth-order valence-electron chi connectivity index (χ4n) is 1.39. The molecule has 0 bridgehead atoms. The second-order valence-electron chi connectivity index (χ2n) is 3.79. The molecule has 0 aliphatic carbocycles. The number of esters is 1. The van der Waals surface area contributed by atoms with Crippen LogP contribution in [0.15, 0.2) is 23.1 Å². The van der Waals surface area contributed by atoms with Crippen LogP contribution in [0.1, 0.15) is 10.4 Å². The average Bonchev–Trinajstić information content (AvgIpc) is 2.36. The molecule has 1 N–H and O–H groups in total. The molecule has 0 aliphatic rings. The highest BCUT2D eigenvalue weighted by atomic mass is 32.2. The van der Waals surface area contributed by atoms with Crippen molar-refractivity contribution in [3.8, 4) is 0 Å². The summed E-state index contributed by atoms with van der Waals surface area (Å²) in [5.74, 6) is -3.35. The first-order chi connectivity index (χ1) is 9.20. The van der Waals surface area contributed by atoms with Crippen molar-refractivity contribution in [3.63, 3.8) is 0 Å². The summed E-state index contributed by atoms with van der Waals surface area (Å²) in [6, 6.07) is 2.60. The van der Waals surface area contributed by atoms with Crippen LogP contribution in [0.25, 0.3) is 0 Å². The molecule has 20 heavy (non-hydrogen) atoms. The van der Waals surface area contributed by atoms with E-state index < -0.39 is 44.8 Å². The molecule has 1 aromatic rings. The minimum atomic E-state index is -4.15. The largest absolute Gasteiger partial charge is 0.480 e.